The highest BCUT2D eigenvalue weighted by Crippen LogP contribution is 2.38. The van der Waals surface area contributed by atoms with Gasteiger partial charge in [-0.2, -0.15) is 0 Å². The molecule has 1 atom stereocenters. The predicted molar refractivity (Wildman–Crippen MR) is 124 cm³/mol. The summed E-state index contributed by atoms with van der Waals surface area (Å²) in [6.45, 7) is 1.88. The van der Waals surface area contributed by atoms with Gasteiger partial charge < -0.3 is 5.32 Å². The van der Waals surface area contributed by atoms with E-state index in [1.165, 1.54) is 39.5 Å². The number of aromatic nitrogens is 2. The summed E-state index contributed by atoms with van der Waals surface area (Å²) in [6, 6.07) is 19.0. The van der Waals surface area contributed by atoms with Gasteiger partial charge in [0.25, 0.3) is 5.91 Å². The summed E-state index contributed by atoms with van der Waals surface area (Å²) in [6.07, 6.45) is 1.01. The second-order valence-electron chi connectivity index (χ2n) is 7.64. The Morgan fingerprint density at radius 3 is 2.72 bits per heavy atom. The van der Waals surface area contributed by atoms with E-state index in [9.17, 15) is 9.18 Å². The number of amides is 1. The maximum Gasteiger partial charge on any atom is 0.282 e. The number of nitrogens with zero attached hydrogens (tertiary/aromatic N) is 3. The Kier molecular flexibility index (Phi) is 6.07. The number of rotatable bonds is 6. The monoisotopic (exact) mass is 464 g/mol. The van der Waals surface area contributed by atoms with Crippen molar-refractivity contribution in [2.45, 2.75) is 25.6 Å². The van der Waals surface area contributed by atoms with Gasteiger partial charge in [0.1, 0.15) is 10.8 Å². The number of fused-ring (bicyclic) bond motifs is 1. The predicted octanol–water partition coefficient (Wildman–Crippen LogP) is 4.82. The first-order chi connectivity index (χ1) is 15.7. The lowest BCUT2D eigenvalue weighted by Gasteiger charge is -2.35. The molecule has 1 amide bonds. The summed E-state index contributed by atoms with van der Waals surface area (Å²) in [4.78, 5) is 16.4. The minimum Gasteiger partial charge on any atom is -0.346 e. The van der Waals surface area contributed by atoms with Crippen molar-refractivity contribution in [3.63, 3.8) is 0 Å². The Balaban J connectivity index is 1.29. The molecule has 5 rings (SSSR count). The van der Waals surface area contributed by atoms with Gasteiger partial charge in [-0.3, -0.25) is 9.69 Å². The number of hydrogen-bond donors (Lipinski definition) is 1. The number of thiophene rings is 1. The molecule has 0 saturated carbocycles. The van der Waals surface area contributed by atoms with Gasteiger partial charge >= 0.3 is 0 Å². The Hall–Kier alpha value is -2.94. The molecule has 1 aliphatic heterocycles. The first kappa shape index (κ1) is 20.9. The van der Waals surface area contributed by atoms with Crippen LogP contribution in [0.5, 0.6) is 0 Å². The van der Waals surface area contributed by atoms with Gasteiger partial charge in [0.15, 0.2) is 0 Å². The fraction of sp³-hybridized carbons (Fsp3) is 0.208. The largest absolute Gasteiger partial charge is 0.346 e. The van der Waals surface area contributed by atoms with Crippen LogP contribution in [-0.4, -0.2) is 27.5 Å². The molecule has 8 heteroatoms. The quantitative estimate of drug-likeness (QED) is 0.445. The molecule has 2 aromatic carbocycles. The van der Waals surface area contributed by atoms with E-state index in [2.05, 4.69) is 56.1 Å². The van der Waals surface area contributed by atoms with E-state index in [-0.39, 0.29) is 17.8 Å². The molecule has 2 aromatic heterocycles. The van der Waals surface area contributed by atoms with Crippen molar-refractivity contribution in [1.29, 1.82) is 0 Å². The van der Waals surface area contributed by atoms with Crippen molar-refractivity contribution in [2.24, 2.45) is 0 Å². The lowest BCUT2D eigenvalue weighted by molar-refractivity contribution is 0.0950. The molecule has 3 heterocycles. The minimum atomic E-state index is -0.296. The van der Waals surface area contributed by atoms with Crippen LogP contribution in [-0.2, 0) is 19.5 Å². The molecule has 5 nitrogen and oxygen atoms in total. The molecule has 0 radical (unpaired) electrons. The fourth-order valence-electron chi connectivity index (χ4n) is 4.01. The molecule has 0 aliphatic carbocycles. The summed E-state index contributed by atoms with van der Waals surface area (Å²) in [5.41, 5.74) is 3.44. The van der Waals surface area contributed by atoms with Crippen LogP contribution >= 0.6 is 22.7 Å². The van der Waals surface area contributed by atoms with E-state index in [0.717, 1.165) is 23.5 Å². The molecular weight excluding hydrogens is 443 g/mol. The molecule has 0 spiro atoms. The van der Waals surface area contributed by atoms with Crippen molar-refractivity contribution in [3.8, 4) is 0 Å². The van der Waals surface area contributed by atoms with Gasteiger partial charge in [0.2, 0.25) is 5.01 Å². The van der Waals surface area contributed by atoms with Gasteiger partial charge in [-0.05, 0) is 46.7 Å². The summed E-state index contributed by atoms with van der Waals surface area (Å²) < 4.78 is 13.0. The Morgan fingerprint density at radius 1 is 1.09 bits per heavy atom. The third-order valence-corrected chi connectivity index (χ3v) is 7.45. The Morgan fingerprint density at radius 2 is 1.91 bits per heavy atom. The van der Waals surface area contributed by atoms with E-state index in [1.807, 2.05) is 17.4 Å². The summed E-state index contributed by atoms with van der Waals surface area (Å²) in [5, 5.41) is 14.6. The van der Waals surface area contributed by atoms with Crippen LogP contribution < -0.4 is 5.32 Å². The first-order valence-electron chi connectivity index (χ1n) is 10.4. The third kappa shape index (κ3) is 4.48. The standard InChI is InChI=1S/C24H21FN4OS2/c25-18-8-6-16(7-9-18)14-26-23(30)24-28-27-21(32-24)15-29-12-10-20-19(11-13-31-20)22(29)17-4-2-1-3-5-17/h1-9,11,13,22H,10,12,14-15H2,(H,26,30)/t22-/m0/s1. The average molecular weight is 465 g/mol. The molecule has 1 aliphatic rings. The molecule has 0 saturated heterocycles. The fourth-order valence-corrected chi connectivity index (χ4v) is 5.69. The first-order valence-corrected chi connectivity index (χ1v) is 12.1. The van der Waals surface area contributed by atoms with Gasteiger partial charge in [-0.1, -0.05) is 53.8 Å². The number of carbonyl (C=O) groups is 1. The molecule has 32 heavy (non-hydrogen) atoms. The average Bonchev–Trinajstić information content (AvgIpc) is 3.49. The second-order valence-corrected chi connectivity index (χ2v) is 9.71. The highest BCUT2D eigenvalue weighted by molar-refractivity contribution is 7.13. The zero-order chi connectivity index (χ0) is 21.9. The Bertz CT molecular complexity index is 1210. The molecular formula is C24H21FN4OS2. The molecule has 0 unspecified atom stereocenters. The van der Waals surface area contributed by atoms with Crippen LogP contribution in [0.15, 0.2) is 66.0 Å². The highest BCUT2D eigenvalue weighted by Gasteiger charge is 2.30. The van der Waals surface area contributed by atoms with Crippen LogP contribution in [0.1, 0.15) is 42.4 Å². The number of hydrogen-bond acceptors (Lipinski definition) is 6. The van der Waals surface area contributed by atoms with Crippen LogP contribution in [0.4, 0.5) is 4.39 Å². The summed E-state index contributed by atoms with van der Waals surface area (Å²) >= 11 is 3.14. The van der Waals surface area contributed by atoms with E-state index in [0.29, 0.717) is 18.1 Å². The smallest absolute Gasteiger partial charge is 0.282 e. The van der Waals surface area contributed by atoms with Crippen LogP contribution in [0, 0.1) is 5.82 Å². The SMILES string of the molecule is O=C(NCc1ccc(F)cc1)c1nnc(CN2CCc3sccc3[C@@H]2c2ccccc2)s1. The van der Waals surface area contributed by atoms with Gasteiger partial charge in [-0.25, -0.2) is 4.39 Å². The molecule has 162 valence electrons. The number of halogens is 1. The number of carbonyl (C=O) groups excluding carboxylic acids is 1. The van der Waals surface area contributed by atoms with Crippen molar-refractivity contribution < 1.29 is 9.18 Å². The summed E-state index contributed by atoms with van der Waals surface area (Å²) in [7, 11) is 0. The topological polar surface area (TPSA) is 58.1 Å². The lowest BCUT2D eigenvalue weighted by Crippen LogP contribution is -2.34. The van der Waals surface area contributed by atoms with E-state index >= 15 is 0 Å². The van der Waals surface area contributed by atoms with E-state index < -0.39 is 0 Å². The summed E-state index contributed by atoms with van der Waals surface area (Å²) in [5.74, 6) is -0.564. The minimum absolute atomic E-state index is 0.172. The zero-order valence-electron chi connectivity index (χ0n) is 17.2. The molecule has 1 N–H and O–H groups in total. The highest BCUT2D eigenvalue weighted by atomic mass is 32.1. The van der Waals surface area contributed by atoms with Crippen molar-refractivity contribution >= 4 is 28.6 Å². The maximum absolute atomic E-state index is 13.0. The maximum atomic E-state index is 13.0. The molecule has 0 fully saturated rings. The van der Waals surface area contributed by atoms with E-state index in [1.54, 1.807) is 12.1 Å². The van der Waals surface area contributed by atoms with Gasteiger partial charge in [0.05, 0.1) is 12.6 Å². The third-order valence-electron chi connectivity index (χ3n) is 5.55. The van der Waals surface area contributed by atoms with Crippen molar-refractivity contribution in [3.05, 3.63) is 103 Å². The molecule has 4 aromatic rings. The zero-order valence-corrected chi connectivity index (χ0v) is 18.8. The lowest BCUT2D eigenvalue weighted by atomic mass is 9.93. The van der Waals surface area contributed by atoms with Crippen LogP contribution in [0.25, 0.3) is 0 Å². The van der Waals surface area contributed by atoms with Crippen LogP contribution in [0.3, 0.4) is 0 Å². The second kappa shape index (κ2) is 9.28. The van der Waals surface area contributed by atoms with Crippen molar-refractivity contribution in [2.75, 3.05) is 6.54 Å². The van der Waals surface area contributed by atoms with Crippen LogP contribution in [0.2, 0.25) is 0 Å². The van der Waals surface area contributed by atoms with E-state index in [4.69, 9.17) is 0 Å². The molecule has 0 bridgehead atoms. The Labute approximate surface area is 193 Å². The van der Waals surface area contributed by atoms with Gasteiger partial charge in [0, 0.05) is 18.0 Å². The van der Waals surface area contributed by atoms with Crippen molar-refractivity contribution in [1.82, 2.24) is 20.4 Å². The normalized spacial score (nSPS) is 16.0. The van der Waals surface area contributed by atoms with Gasteiger partial charge in [-0.15, -0.1) is 21.5 Å². The number of benzene rings is 2. The number of nitrogens with one attached hydrogen (secondary N) is 1.